The minimum absolute atomic E-state index is 0.0129. The molecule has 4 rings (SSSR count). The smallest absolute Gasteiger partial charge is 0.351 e. The number of halogens is 1. The molecule has 9 N–H and O–H groups in total. The van der Waals surface area contributed by atoms with Gasteiger partial charge in [0.2, 0.25) is 0 Å². The van der Waals surface area contributed by atoms with Crippen LogP contribution >= 0.6 is 0 Å². The van der Waals surface area contributed by atoms with Crippen LogP contribution in [-0.2, 0) is 9.47 Å². The van der Waals surface area contributed by atoms with Gasteiger partial charge in [-0.05, 0) is 12.1 Å². The molecule has 0 radical (unpaired) electrons. The summed E-state index contributed by atoms with van der Waals surface area (Å²) < 4.78 is 25.8. The molecule has 0 bridgehead atoms. The number of alkyl halides is 1. The Kier molecular flexibility index (Phi) is 7.93. The van der Waals surface area contributed by atoms with Crippen LogP contribution in [-0.4, -0.2) is 94.5 Å². The first-order valence-electron chi connectivity index (χ1n) is 9.99. The molecule has 8 atom stereocenters. The van der Waals surface area contributed by atoms with Crippen molar-refractivity contribution in [2.24, 2.45) is 0 Å². The number of aliphatic hydroxyl groups excluding tert-OH is 5. The van der Waals surface area contributed by atoms with Crippen LogP contribution in [0.15, 0.2) is 34.1 Å². The zero-order chi connectivity index (χ0) is 25.2. The fraction of sp³-hybridized carbons (Fsp3) is 0.556. The highest BCUT2D eigenvalue weighted by atomic mass is 19.1. The molecule has 0 saturated carbocycles. The second kappa shape index (κ2) is 10.5. The summed E-state index contributed by atoms with van der Waals surface area (Å²) in [4.78, 5) is 29.9. The van der Waals surface area contributed by atoms with Crippen LogP contribution in [0, 0.1) is 0 Å². The zero-order valence-corrected chi connectivity index (χ0v) is 17.5. The number of nitrogens with two attached hydrogens (primary N) is 2. The molecule has 2 fully saturated rings. The van der Waals surface area contributed by atoms with E-state index < -0.39 is 73.7 Å². The lowest BCUT2D eigenvalue weighted by molar-refractivity contribution is -0.0549. The maximum absolute atomic E-state index is 13.7. The van der Waals surface area contributed by atoms with E-state index in [0.717, 1.165) is 9.13 Å². The Morgan fingerprint density at radius 3 is 1.68 bits per heavy atom. The van der Waals surface area contributed by atoms with E-state index in [-0.39, 0.29) is 11.6 Å². The van der Waals surface area contributed by atoms with Crippen molar-refractivity contribution >= 4 is 11.6 Å². The largest absolute Gasteiger partial charge is 0.394 e. The van der Waals surface area contributed by atoms with Crippen LogP contribution in [0.2, 0.25) is 0 Å². The fourth-order valence-electron chi connectivity index (χ4n) is 3.43. The van der Waals surface area contributed by atoms with Crippen LogP contribution in [0.4, 0.5) is 16.0 Å². The van der Waals surface area contributed by atoms with E-state index in [4.69, 9.17) is 31.2 Å². The molecule has 15 nitrogen and oxygen atoms in total. The topological polar surface area (TPSA) is 241 Å². The van der Waals surface area contributed by atoms with Gasteiger partial charge in [-0.25, -0.2) is 14.0 Å². The van der Waals surface area contributed by atoms with Gasteiger partial charge in [-0.3, -0.25) is 9.13 Å². The maximum Gasteiger partial charge on any atom is 0.351 e. The van der Waals surface area contributed by atoms with Gasteiger partial charge in [-0.1, -0.05) is 0 Å². The van der Waals surface area contributed by atoms with Crippen LogP contribution in [0.1, 0.15) is 12.5 Å². The highest BCUT2D eigenvalue weighted by Crippen LogP contribution is 2.30. The van der Waals surface area contributed by atoms with Crippen molar-refractivity contribution in [1.29, 1.82) is 0 Å². The van der Waals surface area contributed by atoms with Gasteiger partial charge in [0, 0.05) is 12.4 Å². The van der Waals surface area contributed by atoms with Gasteiger partial charge in [-0.15, -0.1) is 0 Å². The van der Waals surface area contributed by atoms with Crippen LogP contribution in [0.5, 0.6) is 0 Å². The Bertz CT molecular complexity index is 1010. The minimum Gasteiger partial charge on any atom is -0.394 e. The molecule has 2 aromatic rings. The number of aromatic nitrogens is 4. The van der Waals surface area contributed by atoms with E-state index in [1.807, 2.05) is 0 Å². The van der Waals surface area contributed by atoms with E-state index in [2.05, 4.69) is 9.97 Å². The normalized spacial score (nSPS) is 32.9. The molecule has 0 spiro atoms. The van der Waals surface area contributed by atoms with Crippen LogP contribution < -0.4 is 22.8 Å². The monoisotopic (exact) mass is 488 g/mol. The number of ether oxygens (including phenoxy) is 2. The predicted molar refractivity (Wildman–Crippen MR) is 111 cm³/mol. The van der Waals surface area contributed by atoms with Crippen molar-refractivity contribution in [3.8, 4) is 0 Å². The summed E-state index contributed by atoms with van der Waals surface area (Å²) in [6.07, 6.45) is -7.68. The lowest BCUT2D eigenvalue weighted by Gasteiger charge is -2.16. The van der Waals surface area contributed by atoms with Gasteiger partial charge in [0.1, 0.15) is 42.2 Å². The molecule has 2 aliphatic rings. The molecule has 0 aliphatic carbocycles. The summed E-state index contributed by atoms with van der Waals surface area (Å²) >= 11 is 0. The van der Waals surface area contributed by atoms with Gasteiger partial charge in [0.25, 0.3) is 0 Å². The lowest BCUT2D eigenvalue weighted by atomic mass is 10.1. The molecule has 2 aromatic heterocycles. The SMILES string of the molecule is Nc1ccn([C@@H]2O[C@H](CO)[C@@H](O)[C@H]2F)c(=O)n1.Nc1ccn([C@@H]2O[C@H](CO)[C@@H](O)[C@H]2O)c(=O)n1. The van der Waals surface area contributed by atoms with Gasteiger partial charge < -0.3 is 46.5 Å². The quantitative estimate of drug-likeness (QED) is 0.216. The summed E-state index contributed by atoms with van der Waals surface area (Å²) in [7, 11) is 0. The highest BCUT2D eigenvalue weighted by Gasteiger charge is 2.45. The van der Waals surface area contributed by atoms with Crippen molar-refractivity contribution in [3.05, 3.63) is 45.5 Å². The molecule has 0 unspecified atom stereocenters. The standard InChI is InChI=1S/C9H12FN3O4.C9H13N3O5/c10-6-7(15)4(3-14)17-8(6)13-2-1-5(11)12-9(13)16;10-5-1-2-12(9(16)11-5)8-7(15)6(14)4(3-13)17-8/h1-2,4,6-8,14-15H,3H2,(H2,11,12,16);1-2,4,6-8,13-15H,3H2,(H2,10,11,16)/t2*4-,6-,7-,8-/m11/s1. The molecule has 0 amide bonds. The Morgan fingerprint density at radius 2 is 1.26 bits per heavy atom. The van der Waals surface area contributed by atoms with Gasteiger partial charge in [-0.2, -0.15) is 9.97 Å². The van der Waals surface area contributed by atoms with Gasteiger partial charge in [0.05, 0.1) is 13.2 Å². The number of aliphatic hydroxyl groups is 5. The second-order valence-corrected chi connectivity index (χ2v) is 7.50. The Balaban J connectivity index is 0.000000191. The van der Waals surface area contributed by atoms with Crippen molar-refractivity contribution in [3.63, 3.8) is 0 Å². The average Bonchev–Trinajstić information content (AvgIpc) is 3.24. The number of anilines is 2. The first kappa shape index (κ1) is 25.6. The number of nitrogen functional groups attached to an aromatic ring is 2. The summed E-state index contributed by atoms with van der Waals surface area (Å²) in [5.41, 5.74) is 9.15. The average molecular weight is 488 g/mol. The summed E-state index contributed by atoms with van der Waals surface area (Å²) in [6, 6.07) is 2.69. The molecular weight excluding hydrogens is 463 g/mol. The first-order valence-corrected chi connectivity index (χ1v) is 9.99. The van der Waals surface area contributed by atoms with Crippen molar-refractivity contribution in [2.75, 3.05) is 24.7 Å². The fourth-order valence-corrected chi connectivity index (χ4v) is 3.43. The van der Waals surface area contributed by atoms with Crippen LogP contribution in [0.3, 0.4) is 0 Å². The molecule has 4 heterocycles. The molecule has 16 heteroatoms. The number of hydrogen-bond acceptors (Lipinski definition) is 13. The molecule has 188 valence electrons. The second-order valence-electron chi connectivity index (χ2n) is 7.50. The summed E-state index contributed by atoms with van der Waals surface area (Å²) in [6.45, 7) is -0.985. The molecule has 34 heavy (non-hydrogen) atoms. The number of hydrogen-bond donors (Lipinski definition) is 7. The Morgan fingerprint density at radius 1 is 0.824 bits per heavy atom. The van der Waals surface area contributed by atoms with E-state index in [0.29, 0.717) is 0 Å². The van der Waals surface area contributed by atoms with Crippen molar-refractivity contribution in [1.82, 2.24) is 19.1 Å². The molecule has 0 aromatic carbocycles. The van der Waals surface area contributed by atoms with E-state index in [1.54, 1.807) is 0 Å². The third-order valence-electron chi connectivity index (χ3n) is 5.24. The van der Waals surface area contributed by atoms with E-state index in [1.165, 1.54) is 24.5 Å². The van der Waals surface area contributed by atoms with Crippen molar-refractivity contribution < 1.29 is 39.4 Å². The lowest BCUT2D eigenvalue weighted by Crippen LogP contribution is -2.36. The van der Waals surface area contributed by atoms with Gasteiger partial charge >= 0.3 is 11.4 Å². The van der Waals surface area contributed by atoms with Crippen LogP contribution in [0.25, 0.3) is 0 Å². The molecule has 2 aliphatic heterocycles. The first-order chi connectivity index (χ1) is 16.1. The maximum atomic E-state index is 13.7. The number of rotatable bonds is 4. The predicted octanol–water partition coefficient (Wildman–Crippen LogP) is -4.15. The third kappa shape index (κ3) is 5.07. The Hall–Kier alpha value is -2.99. The highest BCUT2D eigenvalue weighted by molar-refractivity contribution is 5.24. The minimum atomic E-state index is -1.81. The summed E-state index contributed by atoms with van der Waals surface area (Å²) in [5.74, 6) is 0.0666. The van der Waals surface area contributed by atoms with E-state index in [9.17, 15) is 29.3 Å². The summed E-state index contributed by atoms with van der Waals surface area (Å²) in [5, 5.41) is 46.4. The Labute approximate surface area is 190 Å². The zero-order valence-electron chi connectivity index (χ0n) is 17.5. The van der Waals surface area contributed by atoms with Crippen molar-refractivity contribution in [2.45, 2.75) is 49.1 Å². The third-order valence-corrected chi connectivity index (χ3v) is 5.24. The molecular formula is C18H25FN6O9. The number of nitrogens with zero attached hydrogens (tertiary/aromatic N) is 4. The van der Waals surface area contributed by atoms with E-state index >= 15 is 0 Å². The van der Waals surface area contributed by atoms with Gasteiger partial charge in [0.15, 0.2) is 18.6 Å². The molecule has 2 saturated heterocycles.